The number of carbonyl (C=O) groups is 2. The maximum atomic E-state index is 11.6. The Hall–Kier alpha value is -1.10. The van der Waals surface area contributed by atoms with Crippen LogP contribution in [-0.4, -0.2) is 36.7 Å². The minimum absolute atomic E-state index is 0.0422. The smallest absolute Gasteiger partial charge is 0.303 e. The van der Waals surface area contributed by atoms with Crippen molar-refractivity contribution in [2.45, 2.75) is 59.8 Å². The van der Waals surface area contributed by atoms with Gasteiger partial charge in [-0.3, -0.25) is 9.59 Å². The molecule has 0 saturated carbocycles. The number of nitrogens with one attached hydrogen (secondary N) is 1. The molecule has 0 aromatic carbocycles. The maximum absolute atomic E-state index is 11.6. The molecule has 0 aliphatic rings. The highest BCUT2D eigenvalue weighted by Crippen LogP contribution is 2.32. The quantitative estimate of drug-likeness (QED) is 0.575. The summed E-state index contributed by atoms with van der Waals surface area (Å²) >= 11 is 0. The first-order chi connectivity index (χ1) is 9.77. The summed E-state index contributed by atoms with van der Waals surface area (Å²) in [6.45, 7) is 10.2. The Morgan fingerprint density at radius 1 is 1.19 bits per heavy atom. The third-order valence-electron chi connectivity index (χ3n) is 3.64. The van der Waals surface area contributed by atoms with Crippen molar-refractivity contribution in [3.05, 3.63) is 0 Å². The van der Waals surface area contributed by atoms with E-state index in [0.717, 1.165) is 12.8 Å². The lowest BCUT2D eigenvalue weighted by Gasteiger charge is -2.30. The van der Waals surface area contributed by atoms with E-state index in [2.05, 4.69) is 26.1 Å². The molecule has 0 heterocycles. The van der Waals surface area contributed by atoms with Crippen LogP contribution >= 0.6 is 0 Å². The van der Waals surface area contributed by atoms with E-state index in [1.165, 1.54) is 0 Å². The van der Waals surface area contributed by atoms with Crippen molar-refractivity contribution >= 4 is 11.9 Å². The van der Waals surface area contributed by atoms with Gasteiger partial charge in [0.15, 0.2) is 0 Å². The van der Waals surface area contributed by atoms with Gasteiger partial charge in [-0.25, -0.2) is 0 Å². The number of ether oxygens (including phenoxy) is 1. The third-order valence-corrected chi connectivity index (χ3v) is 3.64. The Bertz CT molecular complexity index is 310. The lowest BCUT2D eigenvalue weighted by molar-refractivity contribution is -0.137. The molecule has 1 atom stereocenters. The van der Waals surface area contributed by atoms with Gasteiger partial charge in [0.1, 0.15) is 0 Å². The molecule has 0 aromatic heterocycles. The summed E-state index contributed by atoms with van der Waals surface area (Å²) in [5.41, 5.74) is 0.0507. The molecule has 0 rings (SSSR count). The molecule has 0 aliphatic carbocycles. The van der Waals surface area contributed by atoms with Crippen molar-refractivity contribution in [2.75, 3.05) is 19.8 Å². The molecule has 124 valence electrons. The largest absolute Gasteiger partial charge is 0.481 e. The Labute approximate surface area is 128 Å². The van der Waals surface area contributed by atoms with Crippen LogP contribution in [-0.2, 0) is 14.3 Å². The number of amides is 1. The van der Waals surface area contributed by atoms with Gasteiger partial charge >= 0.3 is 5.97 Å². The molecule has 0 bridgehead atoms. The first-order valence-electron chi connectivity index (χ1n) is 7.83. The van der Waals surface area contributed by atoms with E-state index >= 15 is 0 Å². The third kappa shape index (κ3) is 11.3. The van der Waals surface area contributed by atoms with E-state index in [-0.39, 0.29) is 23.7 Å². The van der Waals surface area contributed by atoms with Crippen LogP contribution in [0.25, 0.3) is 0 Å². The number of hydrogen-bond donors (Lipinski definition) is 2. The monoisotopic (exact) mass is 301 g/mol. The van der Waals surface area contributed by atoms with Gasteiger partial charge < -0.3 is 15.2 Å². The predicted octanol–water partition coefficient (Wildman–Crippen LogP) is 2.84. The molecule has 0 saturated heterocycles. The van der Waals surface area contributed by atoms with E-state index in [1.807, 2.05) is 6.92 Å². The fourth-order valence-electron chi connectivity index (χ4n) is 2.26. The van der Waals surface area contributed by atoms with Crippen LogP contribution in [0.15, 0.2) is 0 Å². The van der Waals surface area contributed by atoms with Crippen LogP contribution in [0.1, 0.15) is 59.8 Å². The number of hydrogen-bond acceptors (Lipinski definition) is 3. The van der Waals surface area contributed by atoms with Crippen molar-refractivity contribution in [1.29, 1.82) is 0 Å². The summed E-state index contributed by atoms with van der Waals surface area (Å²) in [4.78, 5) is 22.3. The molecule has 1 amide bonds. The minimum Gasteiger partial charge on any atom is -0.481 e. The minimum atomic E-state index is -0.760. The first-order valence-corrected chi connectivity index (χ1v) is 7.83. The van der Waals surface area contributed by atoms with Gasteiger partial charge in [0.25, 0.3) is 0 Å². The highest BCUT2D eigenvalue weighted by atomic mass is 16.5. The summed E-state index contributed by atoms with van der Waals surface area (Å²) in [6.07, 6.45) is 2.87. The highest BCUT2D eigenvalue weighted by Gasteiger charge is 2.24. The molecule has 0 aromatic rings. The van der Waals surface area contributed by atoms with Crippen LogP contribution in [0.4, 0.5) is 0 Å². The highest BCUT2D eigenvalue weighted by molar-refractivity contribution is 5.75. The van der Waals surface area contributed by atoms with Gasteiger partial charge in [-0.2, -0.15) is 0 Å². The van der Waals surface area contributed by atoms with Crippen molar-refractivity contribution in [3.63, 3.8) is 0 Å². The average molecular weight is 301 g/mol. The van der Waals surface area contributed by atoms with Gasteiger partial charge in [-0.1, -0.05) is 20.8 Å². The molecule has 5 nitrogen and oxygen atoms in total. The number of carboxylic acid groups (broad SMARTS) is 1. The first kappa shape index (κ1) is 19.9. The zero-order valence-corrected chi connectivity index (χ0v) is 13.9. The summed E-state index contributed by atoms with van der Waals surface area (Å²) in [5, 5.41) is 11.7. The van der Waals surface area contributed by atoms with Crippen molar-refractivity contribution < 1.29 is 19.4 Å². The molecule has 2 N–H and O–H groups in total. The Balaban J connectivity index is 3.96. The molecule has 0 fully saturated rings. The molecule has 21 heavy (non-hydrogen) atoms. The standard InChI is InChI=1S/C16H31NO4/c1-5-21-12-6-7-14(18)17-11-10-13(16(2,3)4)8-9-15(19)20/h13H,5-12H2,1-4H3,(H,17,18)(H,19,20). The molecule has 0 radical (unpaired) electrons. The number of aliphatic carboxylic acids is 1. The van der Waals surface area contributed by atoms with Crippen LogP contribution in [0.5, 0.6) is 0 Å². The SMILES string of the molecule is CCOCCCC(=O)NCCC(CCC(=O)O)C(C)(C)C. The number of rotatable bonds is 11. The lowest BCUT2D eigenvalue weighted by Crippen LogP contribution is -2.30. The van der Waals surface area contributed by atoms with Crippen LogP contribution < -0.4 is 5.32 Å². The van der Waals surface area contributed by atoms with Crippen LogP contribution in [0.3, 0.4) is 0 Å². The number of carbonyl (C=O) groups excluding carboxylic acids is 1. The molecular formula is C16H31NO4. The van der Waals surface area contributed by atoms with Crippen molar-refractivity contribution in [1.82, 2.24) is 5.32 Å². The topological polar surface area (TPSA) is 75.6 Å². The lowest BCUT2D eigenvalue weighted by atomic mass is 9.76. The average Bonchev–Trinajstić information content (AvgIpc) is 2.37. The second-order valence-corrected chi connectivity index (χ2v) is 6.43. The van der Waals surface area contributed by atoms with Crippen LogP contribution in [0.2, 0.25) is 0 Å². The van der Waals surface area contributed by atoms with Crippen LogP contribution in [0, 0.1) is 11.3 Å². The fourth-order valence-corrected chi connectivity index (χ4v) is 2.26. The van der Waals surface area contributed by atoms with E-state index in [4.69, 9.17) is 9.84 Å². The van der Waals surface area contributed by atoms with Crippen molar-refractivity contribution in [2.24, 2.45) is 11.3 Å². The predicted molar refractivity (Wildman–Crippen MR) is 83.2 cm³/mol. The molecule has 0 spiro atoms. The summed E-state index contributed by atoms with van der Waals surface area (Å²) in [6, 6.07) is 0. The van der Waals surface area contributed by atoms with E-state index in [9.17, 15) is 9.59 Å². The summed E-state index contributed by atoms with van der Waals surface area (Å²) in [7, 11) is 0. The summed E-state index contributed by atoms with van der Waals surface area (Å²) in [5.74, 6) is -0.429. The Morgan fingerprint density at radius 2 is 1.86 bits per heavy atom. The molecule has 1 unspecified atom stereocenters. The number of carboxylic acids is 1. The van der Waals surface area contributed by atoms with E-state index < -0.39 is 5.97 Å². The van der Waals surface area contributed by atoms with Gasteiger partial charge in [0, 0.05) is 32.6 Å². The van der Waals surface area contributed by atoms with E-state index in [0.29, 0.717) is 32.6 Å². The summed E-state index contributed by atoms with van der Waals surface area (Å²) < 4.78 is 5.19. The zero-order valence-electron chi connectivity index (χ0n) is 13.9. The van der Waals surface area contributed by atoms with Gasteiger partial charge in [-0.15, -0.1) is 0 Å². The second kappa shape index (κ2) is 10.6. The van der Waals surface area contributed by atoms with Gasteiger partial charge in [0.05, 0.1) is 0 Å². The molecule has 0 aliphatic heterocycles. The van der Waals surface area contributed by atoms with Crippen molar-refractivity contribution in [3.8, 4) is 0 Å². The molecular weight excluding hydrogens is 270 g/mol. The Morgan fingerprint density at radius 3 is 2.38 bits per heavy atom. The van der Waals surface area contributed by atoms with E-state index in [1.54, 1.807) is 0 Å². The van der Waals surface area contributed by atoms with Gasteiger partial charge in [0.2, 0.25) is 5.91 Å². The normalized spacial score (nSPS) is 13.0. The Kier molecular flexibility index (Phi) is 10.0. The zero-order chi connectivity index (χ0) is 16.3. The molecule has 5 heteroatoms. The maximum Gasteiger partial charge on any atom is 0.303 e. The second-order valence-electron chi connectivity index (χ2n) is 6.43. The fraction of sp³-hybridized carbons (Fsp3) is 0.875. The van der Waals surface area contributed by atoms with Gasteiger partial charge in [-0.05, 0) is 37.5 Å².